The van der Waals surface area contributed by atoms with Gasteiger partial charge < -0.3 is 19.7 Å². The van der Waals surface area contributed by atoms with Gasteiger partial charge in [-0.15, -0.1) is 0 Å². The number of rotatable bonds is 12. The van der Waals surface area contributed by atoms with Gasteiger partial charge in [-0.1, -0.05) is 35.9 Å². The Labute approximate surface area is 240 Å². The molecule has 2 amide bonds. The third-order valence-electron chi connectivity index (χ3n) is 6.46. The molecule has 214 valence electrons. The lowest BCUT2D eigenvalue weighted by Crippen LogP contribution is -2.51. The fourth-order valence-corrected chi connectivity index (χ4v) is 5.67. The van der Waals surface area contributed by atoms with Crippen LogP contribution in [0.4, 0.5) is 5.69 Å². The zero-order valence-electron chi connectivity index (χ0n) is 23.2. The van der Waals surface area contributed by atoms with Crippen LogP contribution in [-0.2, 0) is 26.2 Å². The van der Waals surface area contributed by atoms with E-state index in [1.54, 1.807) is 26.0 Å². The predicted octanol–water partition coefficient (Wildman–Crippen LogP) is 4.41. The van der Waals surface area contributed by atoms with Crippen LogP contribution in [0.25, 0.3) is 0 Å². The second-order valence-corrected chi connectivity index (χ2v) is 11.3. The molecule has 0 aliphatic rings. The van der Waals surface area contributed by atoms with Crippen LogP contribution in [0.1, 0.15) is 25.0 Å². The van der Waals surface area contributed by atoms with Gasteiger partial charge in [-0.05, 0) is 68.3 Å². The number of halogens is 1. The van der Waals surface area contributed by atoms with Crippen molar-refractivity contribution in [2.75, 3.05) is 31.6 Å². The molecule has 0 spiro atoms. The summed E-state index contributed by atoms with van der Waals surface area (Å²) >= 11 is 6.07. The quantitative estimate of drug-likeness (QED) is 0.336. The summed E-state index contributed by atoms with van der Waals surface area (Å²) in [5.74, 6) is -0.320. The zero-order valence-corrected chi connectivity index (χ0v) is 24.8. The number of nitrogens with one attached hydrogen (secondary N) is 1. The minimum absolute atomic E-state index is 0.102. The Morgan fingerprint density at radius 3 is 2.23 bits per heavy atom. The fraction of sp³-hybridized carbons (Fsp3) is 0.310. The molecule has 3 aromatic rings. The van der Waals surface area contributed by atoms with Crippen LogP contribution >= 0.6 is 11.6 Å². The summed E-state index contributed by atoms with van der Waals surface area (Å²) in [5.41, 5.74) is 2.01. The topological polar surface area (TPSA) is 105 Å². The normalized spacial score (nSPS) is 11.8. The Morgan fingerprint density at radius 2 is 1.62 bits per heavy atom. The summed E-state index contributed by atoms with van der Waals surface area (Å²) in [6, 6.07) is 17.0. The Morgan fingerprint density at radius 1 is 0.975 bits per heavy atom. The van der Waals surface area contributed by atoms with E-state index < -0.39 is 28.5 Å². The highest BCUT2D eigenvalue weighted by atomic mass is 35.5. The number of sulfonamides is 1. The molecule has 1 atom stereocenters. The smallest absolute Gasteiger partial charge is 0.264 e. The minimum atomic E-state index is -4.28. The van der Waals surface area contributed by atoms with Crippen molar-refractivity contribution in [3.63, 3.8) is 0 Å². The molecule has 1 unspecified atom stereocenters. The zero-order chi connectivity index (χ0) is 29.4. The first-order valence-electron chi connectivity index (χ1n) is 12.7. The first-order valence-corrected chi connectivity index (χ1v) is 14.5. The second kappa shape index (κ2) is 13.5. The van der Waals surface area contributed by atoms with Gasteiger partial charge in [-0.3, -0.25) is 13.9 Å². The summed E-state index contributed by atoms with van der Waals surface area (Å²) in [6.07, 6.45) is 0. The van der Waals surface area contributed by atoms with E-state index in [9.17, 15) is 18.0 Å². The highest BCUT2D eigenvalue weighted by Gasteiger charge is 2.33. The number of hydrogen-bond donors (Lipinski definition) is 1. The van der Waals surface area contributed by atoms with Crippen molar-refractivity contribution in [3.8, 4) is 11.5 Å². The van der Waals surface area contributed by atoms with Crippen molar-refractivity contribution in [2.45, 2.75) is 38.3 Å². The van der Waals surface area contributed by atoms with E-state index >= 15 is 0 Å². The van der Waals surface area contributed by atoms with Crippen molar-refractivity contribution in [2.24, 2.45) is 0 Å². The molecule has 3 aromatic carbocycles. The maximum absolute atomic E-state index is 14.0. The van der Waals surface area contributed by atoms with Gasteiger partial charge in [-0.25, -0.2) is 8.42 Å². The van der Waals surface area contributed by atoms with Gasteiger partial charge in [0.2, 0.25) is 11.8 Å². The molecule has 0 saturated carbocycles. The molecule has 0 bridgehead atoms. The maximum atomic E-state index is 14.0. The SMILES string of the molecule is CCNC(=O)C(C)N(Cc1ccccc1C)C(=O)CN(c1ccc(Cl)cc1)S(=O)(=O)c1ccc(OC)c(OC)c1. The van der Waals surface area contributed by atoms with Gasteiger partial charge in [0, 0.05) is 24.2 Å². The molecule has 0 aliphatic heterocycles. The van der Waals surface area contributed by atoms with E-state index in [1.165, 1.54) is 49.5 Å². The summed E-state index contributed by atoms with van der Waals surface area (Å²) in [7, 11) is -1.43. The first kappa shape index (κ1) is 30.8. The number of likely N-dealkylation sites (N-methyl/N-ethyl adjacent to an activating group) is 1. The fourth-order valence-electron chi connectivity index (χ4n) is 4.12. The number of hydrogen-bond acceptors (Lipinski definition) is 6. The van der Waals surface area contributed by atoms with E-state index in [1.807, 2.05) is 31.2 Å². The van der Waals surface area contributed by atoms with E-state index in [0.717, 1.165) is 15.4 Å². The van der Waals surface area contributed by atoms with E-state index in [2.05, 4.69) is 5.32 Å². The number of nitrogens with zero attached hydrogens (tertiary/aromatic N) is 2. The predicted molar refractivity (Wildman–Crippen MR) is 155 cm³/mol. The summed E-state index contributed by atoms with van der Waals surface area (Å²) in [5, 5.41) is 3.15. The number of aryl methyl sites for hydroxylation is 1. The van der Waals surface area contributed by atoms with Crippen LogP contribution in [0.3, 0.4) is 0 Å². The van der Waals surface area contributed by atoms with Gasteiger partial charge in [0.1, 0.15) is 12.6 Å². The summed E-state index contributed by atoms with van der Waals surface area (Å²) in [4.78, 5) is 28.0. The number of anilines is 1. The number of ether oxygens (including phenoxy) is 2. The average Bonchev–Trinajstić information content (AvgIpc) is 2.95. The summed E-state index contributed by atoms with van der Waals surface area (Å²) < 4.78 is 39.6. The first-order chi connectivity index (χ1) is 19.0. The molecule has 0 radical (unpaired) electrons. The highest BCUT2D eigenvalue weighted by molar-refractivity contribution is 7.92. The van der Waals surface area contributed by atoms with Crippen LogP contribution in [0.15, 0.2) is 71.6 Å². The van der Waals surface area contributed by atoms with E-state index in [0.29, 0.717) is 17.3 Å². The molecule has 0 saturated heterocycles. The van der Waals surface area contributed by atoms with Gasteiger partial charge in [0.15, 0.2) is 11.5 Å². The number of amides is 2. The Balaban J connectivity index is 2.08. The molecule has 3 rings (SSSR count). The van der Waals surface area contributed by atoms with E-state index in [-0.39, 0.29) is 28.8 Å². The number of carbonyl (C=O) groups excluding carboxylic acids is 2. The Kier molecular flexibility index (Phi) is 10.4. The molecule has 1 N–H and O–H groups in total. The molecule has 11 heteroatoms. The van der Waals surface area contributed by atoms with Crippen molar-refractivity contribution in [1.82, 2.24) is 10.2 Å². The maximum Gasteiger partial charge on any atom is 0.264 e. The Hall–Kier alpha value is -3.76. The van der Waals surface area contributed by atoms with Crippen LogP contribution in [0.5, 0.6) is 11.5 Å². The molecule has 0 aromatic heterocycles. The highest BCUT2D eigenvalue weighted by Crippen LogP contribution is 2.32. The molecular formula is C29H34ClN3O6S. The Bertz CT molecular complexity index is 1450. The molecule has 40 heavy (non-hydrogen) atoms. The lowest BCUT2D eigenvalue weighted by molar-refractivity contribution is -0.139. The molecule has 0 fully saturated rings. The minimum Gasteiger partial charge on any atom is -0.493 e. The van der Waals surface area contributed by atoms with Crippen molar-refractivity contribution in [3.05, 3.63) is 82.9 Å². The van der Waals surface area contributed by atoms with Crippen molar-refractivity contribution >= 4 is 39.1 Å². The standard InChI is InChI=1S/C29H34ClN3O6S/c1-6-31-29(35)21(3)32(18-22-10-8-7-9-20(22)2)28(34)19-33(24-13-11-23(30)12-14-24)40(36,37)25-15-16-26(38-4)27(17-25)39-5/h7-17,21H,6,18-19H2,1-5H3,(H,31,35). The lowest BCUT2D eigenvalue weighted by Gasteiger charge is -2.32. The monoisotopic (exact) mass is 587 g/mol. The van der Waals surface area contributed by atoms with E-state index in [4.69, 9.17) is 21.1 Å². The number of benzene rings is 3. The van der Waals surface area contributed by atoms with Gasteiger partial charge in [0.25, 0.3) is 10.0 Å². The number of carbonyl (C=O) groups is 2. The van der Waals surface area contributed by atoms with Crippen molar-refractivity contribution < 1.29 is 27.5 Å². The number of methoxy groups -OCH3 is 2. The van der Waals surface area contributed by atoms with Crippen LogP contribution in [-0.4, -0.2) is 58.5 Å². The third kappa shape index (κ3) is 7.05. The molecular weight excluding hydrogens is 554 g/mol. The lowest BCUT2D eigenvalue weighted by atomic mass is 10.1. The molecule has 9 nitrogen and oxygen atoms in total. The van der Waals surface area contributed by atoms with Crippen LogP contribution in [0.2, 0.25) is 5.02 Å². The van der Waals surface area contributed by atoms with Gasteiger partial charge in [-0.2, -0.15) is 0 Å². The summed E-state index contributed by atoms with van der Waals surface area (Å²) in [6.45, 7) is 5.27. The van der Waals surface area contributed by atoms with Gasteiger partial charge >= 0.3 is 0 Å². The van der Waals surface area contributed by atoms with Crippen LogP contribution < -0.4 is 19.1 Å². The average molecular weight is 588 g/mol. The third-order valence-corrected chi connectivity index (χ3v) is 8.48. The molecule has 0 aliphatic carbocycles. The largest absolute Gasteiger partial charge is 0.493 e. The second-order valence-electron chi connectivity index (χ2n) is 9.02. The van der Waals surface area contributed by atoms with Crippen molar-refractivity contribution in [1.29, 1.82) is 0 Å². The molecule has 0 heterocycles. The van der Waals surface area contributed by atoms with Crippen LogP contribution in [0, 0.1) is 6.92 Å². The van der Waals surface area contributed by atoms with Gasteiger partial charge in [0.05, 0.1) is 24.8 Å².